The molecule has 0 aliphatic heterocycles. The van der Waals surface area contributed by atoms with Gasteiger partial charge in [0, 0.05) is 16.1 Å². The molecule has 2 rings (SSSR count). The van der Waals surface area contributed by atoms with E-state index in [0.29, 0.717) is 10.6 Å². The second kappa shape index (κ2) is 5.41. The van der Waals surface area contributed by atoms with Crippen molar-refractivity contribution in [3.63, 3.8) is 0 Å². The Kier molecular flexibility index (Phi) is 4.01. The number of hydrogen-bond acceptors (Lipinski definition) is 1. The fraction of sp³-hybridized carbons (Fsp3) is 0.278. The maximum Gasteiger partial charge on any atom is 0.150 e. The minimum Gasteiger partial charge on any atom is -0.298 e. The number of carbonyl (C=O) groups excluding carboxylic acids is 1. The van der Waals surface area contributed by atoms with E-state index in [4.69, 9.17) is 11.6 Å². The standard InChI is InChI=1S/C18H19ClO/c1-10-11(2)13(4)18(14(5)12(10)3)16-7-6-15(9-20)8-17(16)19/h6-9H,1-5H3. The van der Waals surface area contributed by atoms with Crippen molar-refractivity contribution in [2.45, 2.75) is 34.6 Å². The molecule has 0 spiro atoms. The van der Waals surface area contributed by atoms with Gasteiger partial charge >= 0.3 is 0 Å². The number of benzene rings is 2. The predicted octanol–water partition coefficient (Wildman–Crippen LogP) is 5.36. The van der Waals surface area contributed by atoms with E-state index < -0.39 is 0 Å². The highest BCUT2D eigenvalue weighted by molar-refractivity contribution is 6.33. The van der Waals surface area contributed by atoms with Crippen LogP contribution in [0, 0.1) is 34.6 Å². The van der Waals surface area contributed by atoms with Crippen LogP contribution in [0.5, 0.6) is 0 Å². The van der Waals surface area contributed by atoms with Crippen molar-refractivity contribution < 1.29 is 4.79 Å². The van der Waals surface area contributed by atoms with Crippen molar-refractivity contribution in [2.24, 2.45) is 0 Å². The molecule has 0 aromatic heterocycles. The van der Waals surface area contributed by atoms with Gasteiger partial charge < -0.3 is 0 Å². The molecule has 2 heteroatoms. The van der Waals surface area contributed by atoms with E-state index in [1.54, 1.807) is 6.07 Å². The predicted molar refractivity (Wildman–Crippen MR) is 86.0 cm³/mol. The van der Waals surface area contributed by atoms with Crippen molar-refractivity contribution in [1.29, 1.82) is 0 Å². The molecule has 0 fully saturated rings. The topological polar surface area (TPSA) is 17.1 Å². The Morgan fingerprint density at radius 2 is 1.35 bits per heavy atom. The van der Waals surface area contributed by atoms with Crippen LogP contribution in [0.1, 0.15) is 38.2 Å². The van der Waals surface area contributed by atoms with E-state index in [2.05, 4.69) is 34.6 Å². The average Bonchev–Trinajstić information content (AvgIpc) is 2.44. The van der Waals surface area contributed by atoms with E-state index in [-0.39, 0.29) is 0 Å². The summed E-state index contributed by atoms with van der Waals surface area (Å²) in [6.45, 7) is 10.7. The summed E-state index contributed by atoms with van der Waals surface area (Å²) < 4.78 is 0. The van der Waals surface area contributed by atoms with Gasteiger partial charge in [0.25, 0.3) is 0 Å². The summed E-state index contributed by atoms with van der Waals surface area (Å²) in [6.07, 6.45) is 0.820. The summed E-state index contributed by atoms with van der Waals surface area (Å²) >= 11 is 6.37. The van der Waals surface area contributed by atoms with Crippen LogP contribution in [-0.4, -0.2) is 6.29 Å². The first-order valence-electron chi connectivity index (χ1n) is 6.70. The van der Waals surface area contributed by atoms with E-state index in [1.807, 2.05) is 12.1 Å². The fourth-order valence-electron chi connectivity index (χ4n) is 2.71. The highest BCUT2D eigenvalue weighted by atomic mass is 35.5. The lowest BCUT2D eigenvalue weighted by Crippen LogP contribution is -2.00. The number of hydrogen-bond donors (Lipinski definition) is 0. The second-order valence-electron chi connectivity index (χ2n) is 5.36. The van der Waals surface area contributed by atoms with Crippen LogP contribution in [0.4, 0.5) is 0 Å². The fourth-order valence-corrected chi connectivity index (χ4v) is 2.99. The van der Waals surface area contributed by atoms with Gasteiger partial charge in [-0.15, -0.1) is 0 Å². The van der Waals surface area contributed by atoms with Crippen molar-refractivity contribution in [1.82, 2.24) is 0 Å². The third-order valence-corrected chi connectivity index (χ3v) is 4.71. The van der Waals surface area contributed by atoms with Crippen LogP contribution >= 0.6 is 11.6 Å². The SMILES string of the molecule is Cc1c(C)c(C)c(-c2ccc(C=O)cc2Cl)c(C)c1C. The molecule has 0 unspecified atom stereocenters. The monoisotopic (exact) mass is 286 g/mol. The first-order valence-corrected chi connectivity index (χ1v) is 7.08. The Bertz CT molecular complexity index is 670. The second-order valence-corrected chi connectivity index (χ2v) is 5.76. The number of rotatable bonds is 2. The van der Waals surface area contributed by atoms with Crippen LogP contribution in [-0.2, 0) is 0 Å². The van der Waals surface area contributed by atoms with E-state index in [1.165, 1.54) is 33.4 Å². The molecule has 2 aromatic rings. The molecule has 104 valence electrons. The van der Waals surface area contributed by atoms with Crippen LogP contribution in [0.15, 0.2) is 18.2 Å². The van der Waals surface area contributed by atoms with Gasteiger partial charge in [-0.25, -0.2) is 0 Å². The zero-order valence-corrected chi connectivity index (χ0v) is 13.4. The maximum atomic E-state index is 10.8. The molecular weight excluding hydrogens is 268 g/mol. The van der Waals surface area contributed by atoms with Crippen LogP contribution in [0.3, 0.4) is 0 Å². The van der Waals surface area contributed by atoms with E-state index in [9.17, 15) is 4.79 Å². The molecule has 0 aliphatic rings. The number of carbonyl (C=O) groups is 1. The lowest BCUT2D eigenvalue weighted by Gasteiger charge is -2.19. The molecule has 2 aromatic carbocycles. The Labute approximate surface area is 125 Å². The zero-order chi connectivity index (χ0) is 15.0. The Hall–Kier alpha value is -1.60. The molecule has 0 saturated heterocycles. The molecule has 20 heavy (non-hydrogen) atoms. The highest BCUT2D eigenvalue weighted by Crippen LogP contribution is 2.37. The van der Waals surface area contributed by atoms with Gasteiger partial charge in [-0.05, 0) is 74.1 Å². The maximum absolute atomic E-state index is 10.8. The molecule has 0 heterocycles. The highest BCUT2D eigenvalue weighted by Gasteiger charge is 2.15. The van der Waals surface area contributed by atoms with E-state index >= 15 is 0 Å². The molecule has 0 atom stereocenters. The van der Waals surface area contributed by atoms with Crippen molar-refractivity contribution in [3.05, 3.63) is 56.6 Å². The van der Waals surface area contributed by atoms with Crippen molar-refractivity contribution in [3.8, 4) is 11.1 Å². The van der Waals surface area contributed by atoms with Gasteiger partial charge in [-0.1, -0.05) is 23.7 Å². The summed E-state index contributed by atoms with van der Waals surface area (Å²) in [5, 5.41) is 0.628. The normalized spacial score (nSPS) is 10.7. The first kappa shape index (κ1) is 14.8. The smallest absolute Gasteiger partial charge is 0.150 e. The van der Waals surface area contributed by atoms with Crippen molar-refractivity contribution in [2.75, 3.05) is 0 Å². The van der Waals surface area contributed by atoms with Crippen LogP contribution in [0.25, 0.3) is 11.1 Å². The summed E-state index contributed by atoms with van der Waals surface area (Å²) in [5.41, 5.74) is 9.25. The largest absolute Gasteiger partial charge is 0.298 e. The summed E-state index contributed by atoms with van der Waals surface area (Å²) in [4.78, 5) is 10.8. The Balaban J connectivity index is 2.80. The minimum atomic E-state index is 0.606. The molecule has 0 aliphatic carbocycles. The zero-order valence-electron chi connectivity index (χ0n) is 12.6. The van der Waals surface area contributed by atoms with Gasteiger partial charge in [-0.3, -0.25) is 4.79 Å². The summed E-state index contributed by atoms with van der Waals surface area (Å²) in [7, 11) is 0. The molecule has 0 N–H and O–H groups in total. The van der Waals surface area contributed by atoms with Crippen LogP contribution < -0.4 is 0 Å². The Morgan fingerprint density at radius 3 is 1.80 bits per heavy atom. The lowest BCUT2D eigenvalue weighted by molar-refractivity contribution is 0.112. The van der Waals surface area contributed by atoms with E-state index in [0.717, 1.165) is 11.8 Å². The molecule has 0 saturated carbocycles. The summed E-state index contributed by atoms with van der Waals surface area (Å²) in [5.74, 6) is 0. The molecule has 0 bridgehead atoms. The van der Waals surface area contributed by atoms with Gasteiger partial charge in [0.05, 0.1) is 0 Å². The quantitative estimate of drug-likeness (QED) is 0.679. The van der Waals surface area contributed by atoms with Gasteiger partial charge in [0.1, 0.15) is 6.29 Å². The third-order valence-electron chi connectivity index (χ3n) is 4.40. The minimum absolute atomic E-state index is 0.606. The molecule has 0 radical (unpaired) electrons. The molecule has 0 amide bonds. The Morgan fingerprint density at radius 1 is 0.850 bits per heavy atom. The first-order chi connectivity index (χ1) is 9.38. The number of aldehydes is 1. The molecule has 1 nitrogen and oxygen atoms in total. The van der Waals surface area contributed by atoms with Crippen LogP contribution in [0.2, 0.25) is 5.02 Å². The molecular formula is C18H19ClO. The summed E-state index contributed by atoms with van der Waals surface area (Å²) in [6, 6.07) is 5.49. The van der Waals surface area contributed by atoms with Gasteiger partial charge in [0.2, 0.25) is 0 Å². The number of halogens is 1. The van der Waals surface area contributed by atoms with Crippen molar-refractivity contribution >= 4 is 17.9 Å². The average molecular weight is 287 g/mol. The third kappa shape index (κ3) is 2.27. The van der Waals surface area contributed by atoms with Gasteiger partial charge in [-0.2, -0.15) is 0 Å². The van der Waals surface area contributed by atoms with Gasteiger partial charge in [0.15, 0.2) is 0 Å². The lowest BCUT2D eigenvalue weighted by atomic mass is 9.86.